The second-order valence-electron chi connectivity index (χ2n) is 3.65. The average Bonchev–Trinajstić information content (AvgIpc) is 2.29. The Morgan fingerprint density at radius 3 is 2.80 bits per heavy atom. The van der Waals surface area contributed by atoms with Gasteiger partial charge in [0.1, 0.15) is 12.1 Å². The molecule has 2 heterocycles. The third-order valence-corrected chi connectivity index (χ3v) is 2.72. The molecule has 0 bridgehead atoms. The highest BCUT2D eigenvalue weighted by Crippen LogP contribution is 2.18. The van der Waals surface area contributed by atoms with Crippen molar-refractivity contribution < 1.29 is 9.13 Å². The molecular weight excluding hydrogens is 197 g/mol. The van der Waals surface area contributed by atoms with Gasteiger partial charge in [-0.3, -0.25) is 0 Å². The van der Waals surface area contributed by atoms with Crippen molar-refractivity contribution in [1.82, 2.24) is 9.97 Å². The SMILES string of the molecule is CN(c1cc(F)ncn1)C1CCOCC1. The number of anilines is 1. The van der Waals surface area contributed by atoms with Crippen molar-refractivity contribution in [2.75, 3.05) is 25.2 Å². The number of hydrogen-bond acceptors (Lipinski definition) is 4. The quantitative estimate of drug-likeness (QED) is 0.690. The number of hydrogen-bond donors (Lipinski definition) is 0. The number of halogens is 1. The lowest BCUT2D eigenvalue weighted by Crippen LogP contribution is -2.37. The molecule has 1 fully saturated rings. The van der Waals surface area contributed by atoms with E-state index in [-0.39, 0.29) is 0 Å². The van der Waals surface area contributed by atoms with Crippen LogP contribution >= 0.6 is 0 Å². The van der Waals surface area contributed by atoms with Gasteiger partial charge < -0.3 is 9.64 Å². The van der Waals surface area contributed by atoms with Crippen LogP contribution < -0.4 is 4.90 Å². The van der Waals surface area contributed by atoms with E-state index in [2.05, 4.69) is 9.97 Å². The fourth-order valence-corrected chi connectivity index (χ4v) is 1.78. The summed E-state index contributed by atoms with van der Waals surface area (Å²) in [6.07, 6.45) is 3.17. The molecule has 1 aromatic rings. The van der Waals surface area contributed by atoms with Gasteiger partial charge in [-0.05, 0) is 12.8 Å². The zero-order chi connectivity index (χ0) is 10.7. The third-order valence-electron chi connectivity index (χ3n) is 2.72. The Kier molecular flexibility index (Phi) is 3.11. The normalized spacial score (nSPS) is 17.7. The smallest absolute Gasteiger partial charge is 0.218 e. The topological polar surface area (TPSA) is 38.2 Å². The van der Waals surface area contributed by atoms with Crippen molar-refractivity contribution >= 4 is 5.82 Å². The lowest BCUT2D eigenvalue weighted by molar-refractivity contribution is 0.0853. The van der Waals surface area contributed by atoms with Gasteiger partial charge in [0, 0.05) is 32.4 Å². The van der Waals surface area contributed by atoms with Crippen LogP contribution in [0.1, 0.15) is 12.8 Å². The van der Waals surface area contributed by atoms with E-state index in [1.165, 1.54) is 12.4 Å². The van der Waals surface area contributed by atoms with E-state index in [0.717, 1.165) is 26.1 Å². The van der Waals surface area contributed by atoms with Crippen LogP contribution in [0.25, 0.3) is 0 Å². The van der Waals surface area contributed by atoms with Crippen LogP contribution in [0.5, 0.6) is 0 Å². The Hall–Kier alpha value is -1.23. The van der Waals surface area contributed by atoms with Crippen LogP contribution in [0.4, 0.5) is 10.2 Å². The first-order chi connectivity index (χ1) is 7.27. The second-order valence-corrected chi connectivity index (χ2v) is 3.65. The first-order valence-corrected chi connectivity index (χ1v) is 5.05. The third kappa shape index (κ3) is 2.41. The van der Waals surface area contributed by atoms with E-state index in [0.29, 0.717) is 11.9 Å². The van der Waals surface area contributed by atoms with Crippen LogP contribution in [0.3, 0.4) is 0 Å². The lowest BCUT2D eigenvalue weighted by Gasteiger charge is -2.31. The molecular formula is C10H14FN3O. The Morgan fingerprint density at radius 2 is 2.13 bits per heavy atom. The Balaban J connectivity index is 2.08. The molecule has 2 rings (SSSR count). The molecule has 0 aliphatic carbocycles. The average molecular weight is 211 g/mol. The minimum absolute atomic E-state index is 0.382. The summed E-state index contributed by atoms with van der Waals surface area (Å²) < 4.78 is 18.2. The van der Waals surface area contributed by atoms with Crippen LogP contribution in [0, 0.1) is 5.95 Å². The van der Waals surface area contributed by atoms with Crippen LogP contribution in [0.2, 0.25) is 0 Å². The first kappa shape index (κ1) is 10.3. The minimum atomic E-state index is -0.487. The maximum Gasteiger partial charge on any atom is 0.218 e. The molecule has 0 aromatic carbocycles. The van der Waals surface area contributed by atoms with Gasteiger partial charge in [-0.25, -0.2) is 9.97 Å². The van der Waals surface area contributed by atoms with Gasteiger partial charge in [0.15, 0.2) is 0 Å². The van der Waals surface area contributed by atoms with E-state index in [4.69, 9.17) is 4.74 Å². The fourth-order valence-electron chi connectivity index (χ4n) is 1.78. The summed E-state index contributed by atoms with van der Waals surface area (Å²) >= 11 is 0. The maximum atomic E-state index is 12.9. The summed E-state index contributed by atoms with van der Waals surface area (Å²) in [6.45, 7) is 1.53. The van der Waals surface area contributed by atoms with Crippen molar-refractivity contribution in [3.8, 4) is 0 Å². The standard InChI is InChI=1S/C10H14FN3O/c1-14(8-2-4-15-5-3-8)10-6-9(11)12-7-13-10/h6-8H,2-5H2,1H3. The lowest BCUT2D eigenvalue weighted by atomic mass is 10.1. The molecule has 15 heavy (non-hydrogen) atoms. The summed E-state index contributed by atoms with van der Waals surface area (Å²) in [5, 5.41) is 0. The molecule has 0 unspecified atom stereocenters. The summed E-state index contributed by atoms with van der Waals surface area (Å²) in [5.41, 5.74) is 0. The van der Waals surface area contributed by atoms with Crippen LogP contribution in [-0.2, 0) is 4.74 Å². The van der Waals surface area contributed by atoms with E-state index >= 15 is 0 Å². The van der Waals surface area contributed by atoms with Crippen molar-refractivity contribution in [3.63, 3.8) is 0 Å². The van der Waals surface area contributed by atoms with E-state index in [9.17, 15) is 4.39 Å². The highest BCUT2D eigenvalue weighted by molar-refractivity contribution is 5.37. The zero-order valence-electron chi connectivity index (χ0n) is 8.69. The molecule has 4 nitrogen and oxygen atoms in total. The van der Waals surface area contributed by atoms with Gasteiger partial charge >= 0.3 is 0 Å². The number of ether oxygens (including phenoxy) is 1. The zero-order valence-corrected chi connectivity index (χ0v) is 8.69. The van der Waals surface area contributed by atoms with Crippen molar-refractivity contribution in [2.24, 2.45) is 0 Å². The van der Waals surface area contributed by atoms with Crippen molar-refractivity contribution in [2.45, 2.75) is 18.9 Å². The molecule has 0 atom stereocenters. The molecule has 1 aliphatic heterocycles. The van der Waals surface area contributed by atoms with Crippen molar-refractivity contribution in [3.05, 3.63) is 18.3 Å². The van der Waals surface area contributed by atoms with Crippen LogP contribution in [0.15, 0.2) is 12.4 Å². The largest absolute Gasteiger partial charge is 0.381 e. The van der Waals surface area contributed by atoms with Gasteiger partial charge in [0.2, 0.25) is 5.95 Å². The Labute approximate surface area is 88.1 Å². The Bertz CT molecular complexity index is 328. The summed E-state index contributed by atoms with van der Waals surface area (Å²) in [7, 11) is 1.93. The first-order valence-electron chi connectivity index (χ1n) is 5.05. The predicted molar refractivity (Wildman–Crippen MR) is 54.2 cm³/mol. The molecule has 0 spiro atoms. The van der Waals surface area contributed by atoms with E-state index < -0.39 is 5.95 Å². The molecule has 0 N–H and O–H groups in total. The fraction of sp³-hybridized carbons (Fsp3) is 0.600. The molecule has 82 valence electrons. The number of aromatic nitrogens is 2. The number of rotatable bonds is 2. The minimum Gasteiger partial charge on any atom is -0.381 e. The second kappa shape index (κ2) is 4.53. The molecule has 1 aliphatic rings. The molecule has 1 saturated heterocycles. The summed E-state index contributed by atoms with van der Waals surface area (Å²) in [4.78, 5) is 9.48. The molecule has 5 heteroatoms. The van der Waals surface area contributed by atoms with E-state index in [1.54, 1.807) is 0 Å². The van der Waals surface area contributed by atoms with E-state index in [1.807, 2.05) is 11.9 Å². The van der Waals surface area contributed by atoms with Gasteiger partial charge in [0.05, 0.1) is 0 Å². The molecule has 0 radical (unpaired) electrons. The summed E-state index contributed by atoms with van der Waals surface area (Å²) in [5.74, 6) is 0.147. The highest BCUT2D eigenvalue weighted by Gasteiger charge is 2.19. The predicted octanol–water partition coefficient (Wildman–Crippen LogP) is 1.23. The molecule has 0 amide bonds. The summed E-state index contributed by atoms with van der Waals surface area (Å²) in [6, 6.07) is 1.74. The van der Waals surface area contributed by atoms with Gasteiger partial charge in [-0.1, -0.05) is 0 Å². The van der Waals surface area contributed by atoms with Crippen LogP contribution in [-0.4, -0.2) is 36.3 Å². The van der Waals surface area contributed by atoms with Gasteiger partial charge in [-0.15, -0.1) is 0 Å². The molecule has 0 saturated carbocycles. The Morgan fingerprint density at radius 1 is 1.40 bits per heavy atom. The molecule has 1 aromatic heterocycles. The monoisotopic (exact) mass is 211 g/mol. The van der Waals surface area contributed by atoms with Crippen molar-refractivity contribution in [1.29, 1.82) is 0 Å². The highest BCUT2D eigenvalue weighted by atomic mass is 19.1. The van der Waals surface area contributed by atoms with Gasteiger partial charge in [-0.2, -0.15) is 4.39 Å². The van der Waals surface area contributed by atoms with Gasteiger partial charge in [0.25, 0.3) is 0 Å². The number of nitrogens with zero attached hydrogens (tertiary/aromatic N) is 3. The maximum absolute atomic E-state index is 12.9.